The molecule has 0 atom stereocenters. The van der Waals surface area contributed by atoms with Crippen molar-refractivity contribution in [3.05, 3.63) is 80.3 Å². The third kappa shape index (κ3) is 4.16. The maximum atomic E-state index is 12.6. The van der Waals surface area contributed by atoms with Gasteiger partial charge in [0.15, 0.2) is 5.58 Å². The Kier molecular flexibility index (Phi) is 5.50. The number of carbonyl (C=O) groups excluding carboxylic acids is 1. The van der Waals surface area contributed by atoms with Crippen LogP contribution in [0.25, 0.3) is 22.6 Å². The van der Waals surface area contributed by atoms with Gasteiger partial charge in [-0.1, -0.05) is 23.2 Å². The first-order valence-corrected chi connectivity index (χ1v) is 9.61. The highest BCUT2D eigenvalue weighted by Gasteiger charge is 2.17. The number of carbonyl (C=O) groups is 1. The number of ether oxygens (including phenoxy) is 1. The maximum Gasteiger partial charge on any atom is 0.270 e. The third-order valence-electron chi connectivity index (χ3n) is 4.45. The lowest BCUT2D eigenvalue weighted by atomic mass is 10.2. The van der Waals surface area contributed by atoms with Gasteiger partial charge in [0.2, 0.25) is 5.89 Å². The van der Waals surface area contributed by atoms with Crippen molar-refractivity contribution in [2.24, 2.45) is 0 Å². The standard InChI is InChI=1S/C21H13Cl2N3O5/c1-30-18-6-2-11(8-16(18)23)21-25-17-9-12(3-7-19(17)31-21)24-20(27)14-10-13(26(28)29)4-5-15(14)22/h2-10H,1H3,(H,24,27). The van der Waals surface area contributed by atoms with Crippen LogP contribution in [0.1, 0.15) is 10.4 Å². The summed E-state index contributed by atoms with van der Waals surface area (Å²) in [4.78, 5) is 27.4. The second kappa shape index (κ2) is 8.25. The Bertz CT molecular complexity index is 1340. The van der Waals surface area contributed by atoms with Crippen molar-refractivity contribution < 1.29 is 18.9 Å². The van der Waals surface area contributed by atoms with E-state index in [9.17, 15) is 14.9 Å². The number of non-ortho nitro benzene ring substituents is 1. The average molecular weight is 458 g/mol. The van der Waals surface area contributed by atoms with Gasteiger partial charge < -0.3 is 14.5 Å². The summed E-state index contributed by atoms with van der Waals surface area (Å²) in [6.07, 6.45) is 0. The number of aromatic nitrogens is 1. The quantitative estimate of drug-likeness (QED) is 0.292. The van der Waals surface area contributed by atoms with Crippen molar-refractivity contribution in [2.45, 2.75) is 0 Å². The Labute approximate surface area is 185 Å². The molecule has 0 aliphatic rings. The minimum atomic E-state index is -0.596. The van der Waals surface area contributed by atoms with Crippen LogP contribution in [0.4, 0.5) is 11.4 Å². The minimum Gasteiger partial charge on any atom is -0.495 e. The summed E-state index contributed by atoms with van der Waals surface area (Å²) >= 11 is 12.2. The van der Waals surface area contributed by atoms with E-state index in [1.807, 2.05) is 0 Å². The molecule has 0 saturated carbocycles. The molecule has 1 heterocycles. The van der Waals surface area contributed by atoms with Crippen LogP contribution in [-0.2, 0) is 0 Å². The molecule has 0 saturated heterocycles. The number of methoxy groups -OCH3 is 1. The van der Waals surface area contributed by atoms with E-state index in [4.69, 9.17) is 32.4 Å². The number of amides is 1. The largest absolute Gasteiger partial charge is 0.495 e. The van der Waals surface area contributed by atoms with E-state index in [2.05, 4.69) is 10.3 Å². The molecule has 156 valence electrons. The van der Waals surface area contributed by atoms with Gasteiger partial charge in [0.05, 0.1) is 27.6 Å². The maximum absolute atomic E-state index is 12.6. The van der Waals surface area contributed by atoms with Crippen molar-refractivity contribution in [1.82, 2.24) is 4.98 Å². The van der Waals surface area contributed by atoms with Crippen molar-refractivity contribution in [3.63, 3.8) is 0 Å². The fourth-order valence-corrected chi connectivity index (χ4v) is 3.39. The number of nitrogens with zero attached hydrogens (tertiary/aromatic N) is 2. The van der Waals surface area contributed by atoms with Gasteiger partial charge >= 0.3 is 0 Å². The molecule has 8 nitrogen and oxygen atoms in total. The normalized spacial score (nSPS) is 10.8. The molecule has 0 aliphatic carbocycles. The first-order valence-electron chi connectivity index (χ1n) is 8.85. The molecule has 3 aromatic carbocycles. The Morgan fingerprint density at radius 3 is 2.61 bits per heavy atom. The Morgan fingerprint density at radius 2 is 1.90 bits per heavy atom. The summed E-state index contributed by atoms with van der Waals surface area (Å²) in [6, 6.07) is 13.7. The summed E-state index contributed by atoms with van der Waals surface area (Å²) in [5.74, 6) is 0.301. The molecule has 31 heavy (non-hydrogen) atoms. The molecular formula is C21H13Cl2N3O5. The first-order chi connectivity index (χ1) is 14.9. The van der Waals surface area contributed by atoms with Crippen molar-refractivity contribution >= 4 is 51.6 Å². The average Bonchev–Trinajstić information content (AvgIpc) is 3.17. The zero-order valence-corrected chi connectivity index (χ0v) is 17.4. The van der Waals surface area contributed by atoms with E-state index >= 15 is 0 Å². The van der Waals surface area contributed by atoms with Gasteiger partial charge in [0, 0.05) is 23.4 Å². The summed E-state index contributed by atoms with van der Waals surface area (Å²) in [7, 11) is 1.52. The number of anilines is 1. The van der Waals surface area contributed by atoms with Crippen molar-refractivity contribution in [3.8, 4) is 17.2 Å². The summed E-state index contributed by atoms with van der Waals surface area (Å²) in [5.41, 5.74) is 1.86. The van der Waals surface area contributed by atoms with Gasteiger partial charge in [-0.3, -0.25) is 14.9 Å². The van der Waals surface area contributed by atoms with Crippen molar-refractivity contribution in [2.75, 3.05) is 12.4 Å². The zero-order chi connectivity index (χ0) is 22.1. The fourth-order valence-electron chi connectivity index (χ4n) is 2.93. The number of oxazole rings is 1. The number of benzene rings is 3. The monoisotopic (exact) mass is 457 g/mol. The van der Waals surface area contributed by atoms with Gasteiger partial charge in [0.1, 0.15) is 11.3 Å². The molecule has 1 aromatic heterocycles. The molecule has 1 amide bonds. The lowest BCUT2D eigenvalue weighted by Gasteiger charge is -2.06. The van der Waals surface area contributed by atoms with Crippen LogP contribution in [0.15, 0.2) is 59.0 Å². The smallest absolute Gasteiger partial charge is 0.270 e. The molecular weight excluding hydrogens is 445 g/mol. The molecule has 0 bridgehead atoms. The van der Waals surface area contributed by atoms with E-state index in [-0.39, 0.29) is 16.3 Å². The molecule has 4 aromatic rings. The van der Waals surface area contributed by atoms with Crippen LogP contribution in [0.5, 0.6) is 5.75 Å². The predicted octanol–water partition coefficient (Wildman–Crippen LogP) is 5.97. The number of halogens is 2. The van der Waals surface area contributed by atoms with Gasteiger partial charge in [-0.2, -0.15) is 0 Å². The third-order valence-corrected chi connectivity index (χ3v) is 5.07. The molecule has 0 unspecified atom stereocenters. The molecule has 0 radical (unpaired) electrons. The molecule has 0 aliphatic heterocycles. The summed E-state index contributed by atoms with van der Waals surface area (Å²) in [6.45, 7) is 0. The van der Waals surface area contributed by atoms with Crippen molar-refractivity contribution in [1.29, 1.82) is 0 Å². The van der Waals surface area contributed by atoms with E-state index in [0.717, 1.165) is 6.07 Å². The first kappa shape index (κ1) is 20.6. The van der Waals surface area contributed by atoms with E-state index in [1.54, 1.807) is 36.4 Å². The van der Waals surface area contributed by atoms with Crippen LogP contribution in [0.2, 0.25) is 10.0 Å². The predicted molar refractivity (Wildman–Crippen MR) is 117 cm³/mol. The lowest BCUT2D eigenvalue weighted by molar-refractivity contribution is -0.384. The number of nitro groups is 1. The van der Waals surface area contributed by atoms with Crippen LogP contribution in [0.3, 0.4) is 0 Å². The summed E-state index contributed by atoms with van der Waals surface area (Å²) in [5, 5.41) is 14.2. The number of hydrogen-bond acceptors (Lipinski definition) is 6. The van der Waals surface area contributed by atoms with E-state index in [0.29, 0.717) is 39.0 Å². The van der Waals surface area contributed by atoms with Gasteiger partial charge in [0.25, 0.3) is 11.6 Å². The number of hydrogen-bond donors (Lipinski definition) is 1. The summed E-state index contributed by atoms with van der Waals surface area (Å²) < 4.78 is 10.9. The molecule has 10 heteroatoms. The van der Waals surface area contributed by atoms with Crippen LogP contribution >= 0.6 is 23.2 Å². The SMILES string of the molecule is COc1ccc(-c2nc3cc(NC(=O)c4cc([N+](=O)[O-])ccc4Cl)ccc3o2)cc1Cl. The van der Waals surface area contributed by atoms with Gasteiger partial charge in [-0.15, -0.1) is 0 Å². The minimum absolute atomic E-state index is 0.00956. The van der Waals surface area contributed by atoms with E-state index < -0.39 is 10.8 Å². The number of rotatable bonds is 5. The van der Waals surface area contributed by atoms with Gasteiger partial charge in [-0.05, 0) is 42.5 Å². The molecule has 1 N–H and O–H groups in total. The topological polar surface area (TPSA) is 108 Å². The van der Waals surface area contributed by atoms with Crippen LogP contribution < -0.4 is 10.1 Å². The van der Waals surface area contributed by atoms with Crippen LogP contribution in [-0.4, -0.2) is 22.9 Å². The second-order valence-electron chi connectivity index (χ2n) is 6.43. The Balaban J connectivity index is 1.62. The highest BCUT2D eigenvalue weighted by Crippen LogP contribution is 2.32. The highest BCUT2D eigenvalue weighted by atomic mass is 35.5. The molecule has 0 spiro atoms. The van der Waals surface area contributed by atoms with Gasteiger partial charge in [-0.25, -0.2) is 4.98 Å². The molecule has 4 rings (SSSR count). The van der Waals surface area contributed by atoms with Crippen LogP contribution in [0, 0.1) is 10.1 Å². The fraction of sp³-hybridized carbons (Fsp3) is 0.0476. The zero-order valence-electron chi connectivity index (χ0n) is 15.9. The Hall–Kier alpha value is -3.62. The second-order valence-corrected chi connectivity index (χ2v) is 7.24. The highest BCUT2D eigenvalue weighted by molar-refractivity contribution is 6.34. The lowest BCUT2D eigenvalue weighted by Crippen LogP contribution is -2.12. The van der Waals surface area contributed by atoms with E-state index in [1.165, 1.54) is 19.2 Å². The Morgan fingerprint density at radius 1 is 1.10 bits per heavy atom. The molecule has 0 fully saturated rings. The number of nitro benzene ring substituents is 1. The number of nitrogens with one attached hydrogen (secondary N) is 1. The number of fused-ring (bicyclic) bond motifs is 1.